The summed E-state index contributed by atoms with van der Waals surface area (Å²) in [6, 6.07) is 17.5. The highest BCUT2D eigenvalue weighted by atomic mass is 28.4. The van der Waals surface area contributed by atoms with Crippen molar-refractivity contribution < 1.29 is 22.8 Å². The molecule has 0 aliphatic carbocycles. The number of benzene rings is 2. The molecule has 1 aromatic heterocycles. The summed E-state index contributed by atoms with van der Waals surface area (Å²) in [4.78, 5) is 12.4. The fourth-order valence-electron chi connectivity index (χ4n) is 3.68. The Morgan fingerprint density at radius 1 is 0.944 bits per heavy atom. The maximum atomic E-state index is 12.4. The zero-order valence-corrected chi connectivity index (χ0v) is 22.3. The number of ketones is 1. The molecule has 36 heavy (non-hydrogen) atoms. The van der Waals surface area contributed by atoms with Gasteiger partial charge in [0.15, 0.2) is 5.78 Å². The van der Waals surface area contributed by atoms with E-state index in [1.54, 1.807) is 35.0 Å². The molecular weight excluding hydrogens is 474 g/mol. The van der Waals surface area contributed by atoms with Crippen molar-refractivity contribution in [3.8, 4) is 5.75 Å². The van der Waals surface area contributed by atoms with E-state index in [-0.39, 0.29) is 12.4 Å². The molecule has 0 atom stereocenters. The Morgan fingerprint density at radius 2 is 1.61 bits per heavy atom. The van der Waals surface area contributed by atoms with Crippen molar-refractivity contribution in [2.24, 2.45) is 0 Å². The molecule has 9 heteroatoms. The van der Waals surface area contributed by atoms with Crippen molar-refractivity contribution >= 4 is 20.7 Å². The van der Waals surface area contributed by atoms with Crippen LogP contribution in [0.1, 0.15) is 48.8 Å². The van der Waals surface area contributed by atoms with Gasteiger partial charge in [-0.2, -0.15) is 0 Å². The fraction of sp³-hybridized carbons (Fsp3) is 0.370. The molecule has 0 aliphatic rings. The monoisotopic (exact) mass is 509 g/mol. The van der Waals surface area contributed by atoms with Gasteiger partial charge in [-0.1, -0.05) is 41.6 Å². The van der Waals surface area contributed by atoms with Gasteiger partial charge in [-0.3, -0.25) is 9.48 Å². The molecule has 0 spiro atoms. The molecule has 0 N–H and O–H groups in total. The standard InChI is InChI=1S/C27H35N3O5Si/c1-4-33-36(34-5-2,35-6-3)20-10-19-30-21-25(28-29-30)22-32-26-16-14-24(15-17-26)27(31)18-13-23-11-8-7-9-12-23/h7-9,11-18,21H,4-6,10,19-20,22H2,1-3H3/b18-13+. The molecule has 0 fully saturated rings. The van der Waals surface area contributed by atoms with E-state index >= 15 is 0 Å². The molecule has 0 aliphatic heterocycles. The number of aromatic nitrogens is 3. The Kier molecular flexibility index (Phi) is 11.0. The molecule has 0 saturated carbocycles. The quantitative estimate of drug-likeness (QED) is 0.149. The number of hydrogen-bond acceptors (Lipinski definition) is 7. The minimum Gasteiger partial charge on any atom is -0.487 e. The number of nitrogens with zero attached hydrogens (tertiary/aromatic N) is 3. The van der Waals surface area contributed by atoms with Crippen LogP contribution in [0.4, 0.5) is 0 Å². The lowest BCUT2D eigenvalue weighted by Gasteiger charge is -2.28. The van der Waals surface area contributed by atoms with Crippen LogP contribution in [0, 0.1) is 0 Å². The summed E-state index contributed by atoms with van der Waals surface area (Å²) in [5.74, 6) is 0.604. The van der Waals surface area contributed by atoms with Crippen molar-refractivity contribution in [2.75, 3.05) is 19.8 Å². The van der Waals surface area contributed by atoms with Crippen molar-refractivity contribution in [3.63, 3.8) is 0 Å². The molecule has 8 nitrogen and oxygen atoms in total. The van der Waals surface area contributed by atoms with Crippen molar-refractivity contribution in [3.05, 3.63) is 83.7 Å². The number of aryl methyl sites for hydroxylation is 1. The van der Waals surface area contributed by atoms with Gasteiger partial charge >= 0.3 is 8.80 Å². The first kappa shape index (κ1) is 27.5. The van der Waals surface area contributed by atoms with Crippen LogP contribution in [0.2, 0.25) is 6.04 Å². The SMILES string of the molecule is CCO[Si](CCCn1cc(COc2ccc(C(=O)/C=C/c3ccccc3)cc2)nn1)(OCC)OCC. The lowest BCUT2D eigenvalue weighted by atomic mass is 10.1. The van der Waals surface area contributed by atoms with Crippen LogP contribution >= 0.6 is 0 Å². The second-order valence-electron chi connectivity index (χ2n) is 7.98. The van der Waals surface area contributed by atoms with Gasteiger partial charge in [0, 0.05) is 38.0 Å². The van der Waals surface area contributed by atoms with Crippen LogP contribution in [-0.2, 0) is 26.4 Å². The third-order valence-corrected chi connectivity index (χ3v) is 8.45. The minimum atomic E-state index is -2.65. The average Bonchev–Trinajstić information content (AvgIpc) is 3.35. The van der Waals surface area contributed by atoms with Crippen molar-refractivity contribution in [1.29, 1.82) is 0 Å². The summed E-state index contributed by atoms with van der Waals surface area (Å²) in [6.45, 7) is 8.54. The Hall–Kier alpha value is -3.11. The van der Waals surface area contributed by atoms with Gasteiger partial charge in [0.25, 0.3) is 0 Å². The Labute approximate surface area is 214 Å². The molecule has 1 heterocycles. The van der Waals surface area contributed by atoms with E-state index < -0.39 is 8.80 Å². The lowest BCUT2D eigenvalue weighted by Crippen LogP contribution is -2.46. The number of hydrogen-bond donors (Lipinski definition) is 0. The first-order chi connectivity index (χ1) is 17.6. The van der Waals surface area contributed by atoms with Gasteiger partial charge in [-0.25, -0.2) is 0 Å². The van der Waals surface area contributed by atoms with E-state index in [0.717, 1.165) is 23.7 Å². The van der Waals surface area contributed by atoms with Crippen LogP contribution in [0.5, 0.6) is 5.75 Å². The Bertz CT molecular complexity index is 1070. The summed E-state index contributed by atoms with van der Waals surface area (Å²) < 4.78 is 25.3. The third-order valence-electron chi connectivity index (χ3n) is 5.30. The molecule has 0 amide bonds. The molecule has 0 bridgehead atoms. The summed E-state index contributed by atoms with van der Waals surface area (Å²) in [6.07, 6.45) is 6.07. The second kappa shape index (κ2) is 14.4. The molecule has 0 unspecified atom stereocenters. The molecule has 0 radical (unpaired) electrons. The maximum absolute atomic E-state index is 12.4. The van der Waals surface area contributed by atoms with E-state index in [1.165, 1.54) is 0 Å². The average molecular weight is 510 g/mol. The molecule has 3 rings (SSSR count). The van der Waals surface area contributed by atoms with E-state index in [1.807, 2.05) is 63.4 Å². The highest BCUT2D eigenvalue weighted by Gasteiger charge is 2.39. The highest BCUT2D eigenvalue weighted by Crippen LogP contribution is 2.19. The van der Waals surface area contributed by atoms with Crippen LogP contribution in [-0.4, -0.2) is 49.4 Å². The Morgan fingerprint density at radius 3 is 2.25 bits per heavy atom. The van der Waals surface area contributed by atoms with Gasteiger partial charge in [0.05, 0.1) is 6.20 Å². The van der Waals surface area contributed by atoms with Gasteiger partial charge in [0.1, 0.15) is 18.1 Å². The predicted molar refractivity (Wildman–Crippen MR) is 141 cm³/mol. The first-order valence-electron chi connectivity index (χ1n) is 12.4. The molecule has 3 aromatic rings. The molecule has 2 aromatic carbocycles. The minimum absolute atomic E-state index is 0.0570. The number of carbonyl (C=O) groups is 1. The van der Waals surface area contributed by atoms with E-state index in [0.29, 0.717) is 37.7 Å². The van der Waals surface area contributed by atoms with E-state index in [2.05, 4.69) is 10.3 Å². The summed E-state index contributed by atoms with van der Waals surface area (Å²) in [5, 5.41) is 8.39. The Balaban J connectivity index is 1.47. The third kappa shape index (κ3) is 8.53. The maximum Gasteiger partial charge on any atom is 0.500 e. The smallest absolute Gasteiger partial charge is 0.487 e. The van der Waals surface area contributed by atoms with Gasteiger partial charge in [0.2, 0.25) is 0 Å². The fourth-order valence-corrected chi connectivity index (χ4v) is 6.27. The predicted octanol–water partition coefficient (Wildman–Crippen LogP) is 5.19. The van der Waals surface area contributed by atoms with E-state index in [4.69, 9.17) is 18.0 Å². The van der Waals surface area contributed by atoms with Crippen LogP contribution in [0.3, 0.4) is 0 Å². The summed E-state index contributed by atoms with van der Waals surface area (Å²) in [5.41, 5.74) is 2.31. The first-order valence-corrected chi connectivity index (χ1v) is 14.3. The van der Waals surface area contributed by atoms with Crippen LogP contribution in [0.25, 0.3) is 6.08 Å². The van der Waals surface area contributed by atoms with Gasteiger partial charge < -0.3 is 18.0 Å². The number of ether oxygens (including phenoxy) is 1. The van der Waals surface area contributed by atoms with Crippen LogP contribution in [0.15, 0.2) is 66.9 Å². The second-order valence-corrected chi connectivity index (χ2v) is 10.7. The van der Waals surface area contributed by atoms with E-state index in [9.17, 15) is 4.79 Å². The number of rotatable bonds is 16. The number of carbonyl (C=O) groups excluding carboxylic acids is 1. The molecule has 192 valence electrons. The summed E-state index contributed by atoms with van der Waals surface area (Å²) >= 11 is 0. The highest BCUT2D eigenvalue weighted by molar-refractivity contribution is 6.60. The zero-order chi connectivity index (χ0) is 25.6. The largest absolute Gasteiger partial charge is 0.500 e. The van der Waals surface area contributed by atoms with Crippen LogP contribution < -0.4 is 4.74 Å². The van der Waals surface area contributed by atoms with Crippen molar-refractivity contribution in [1.82, 2.24) is 15.0 Å². The molecule has 0 saturated heterocycles. The zero-order valence-electron chi connectivity index (χ0n) is 21.3. The number of allylic oxidation sites excluding steroid dienone is 1. The molecular formula is C27H35N3O5Si. The van der Waals surface area contributed by atoms with Gasteiger partial charge in [-0.05, 0) is 63.1 Å². The van der Waals surface area contributed by atoms with Gasteiger partial charge in [-0.15, -0.1) is 5.10 Å². The normalized spacial score (nSPS) is 11.8. The lowest BCUT2D eigenvalue weighted by molar-refractivity contribution is 0.0704. The van der Waals surface area contributed by atoms with Crippen molar-refractivity contribution in [2.45, 2.75) is 46.4 Å². The topological polar surface area (TPSA) is 84.7 Å². The summed E-state index contributed by atoms with van der Waals surface area (Å²) in [7, 11) is -2.65.